The predicted molar refractivity (Wildman–Crippen MR) is 95.1 cm³/mol. The van der Waals surface area contributed by atoms with Crippen LogP contribution in [0, 0.1) is 0 Å². The van der Waals surface area contributed by atoms with Gasteiger partial charge in [-0.1, -0.05) is 13.0 Å². The molecule has 2 aliphatic rings. The van der Waals surface area contributed by atoms with E-state index in [2.05, 4.69) is 12.2 Å². The van der Waals surface area contributed by atoms with Crippen molar-refractivity contribution >= 4 is 5.91 Å². The van der Waals surface area contributed by atoms with Crippen LogP contribution < -0.4 is 14.8 Å². The van der Waals surface area contributed by atoms with Gasteiger partial charge in [0.05, 0.1) is 26.9 Å². The number of ether oxygens (including phenoxy) is 3. The first-order valence-electron chi connectivity index (χ1n) is 9.06. The number of nitrogens with zero attached hydrogens (tertiary/aromatic N) is 1. The molecule has 1 N–H and O–H groups in total. The van der Waals surface area contributed by atoms with Crippen molar-refractivity contribution in [2.45, 2.75) is 44.4 Å². The van der Waals surface area contributed by atoms with E-state index in [1.54, 1.807) is 14.2 Å². The summed E-state index contributed by atoms with van der Waals surface area (Å²) in [7, 11) is 3.26. The molecule has 0 spiro atoms. The molecule has 2 fully saturated rings. The van der Waals surface area contributed by atoms with Crippen LogP contribution in [0.15, 0.2) is 18.2 Å². The van der Waals surface area contributed by atoms with Crippen LogP contribution in [0.4, 0.5) is 0 Å². The minimum Gasteiger partial charge on any atom is -0.493 e. The van der Waals surface area contributed by atoms with Crippen LogP contribution in [-0.4, -0.2) is 56.9 Å². The molecule has 6 heteroatoms. The highest BCUT2D eigenvalue weighted by Gasteiger charge is 2.40. The lowest BCUT2D eigenvalue weighted by Gasteiger charge is -2.36. The molecule has 1 saturated carbocycles. The third-order valence-electron chi connectivity index (χ3n) is 4.91. The fourth-order valence-corrected chi connectivity index (χ4v) is 3.48. The van der Waals surface area contributed by atoms with Gasteiger partial charge < -0.3 is 24.4 Å². The highest BCUT2D eigenvalue weighted by atomic mass is 16.5. The number of nitrogens with one attached hydrogen (secondary N) is 1. The minimum absolute atomic E-state index is 0.0188. The molecule has 1 aromatic rings. The second-order valence-corrected chi connectivity index (χ2v) is 6.58. The topological polar surface area (TPSA) is 60.0 Å². The van der Waals surface area contributed by atoms with Crippen molar-refractivity contribution in [1.29, 1.82) is 0 Å². The monoisotopic (exact) mass is 348 g/mol. The van der Waals surface area contributed by atoms with Crippen molar-refractivity contribution in [1.82, 2.24) is 10.2 Å². The van der Waals surface area contributed by atoms with Gasteiger partial charge in [0.1, 0.15) is 6.10 Å². The average Bonchev–Trinajstić information content (AvgIpc) is 3.50. The number of carbonyl (C=O) groups excluding carboxylic acids is 1. The molecule has 1 heterocycles. The summed E-state index contributed by atoms with van der Waals surface area (Å²) >= 11 is 0. The molecule has 0 unspecified atom stereocenters. The van der Waals surface area contributed by atoms with E-state index in [0.29, 0.717) is 30.7 Å². The van der Waals surface area contributed by atoms with Crippen molar-refractivity contribution < 1.29 is 19.0 Å². The maximum absolute atomic E-state index is 13.1. The molecule has 1 saturated heterocycles. The van der Waals surface area contributed by atoms with Gasteiger partial charge in [-0.2, -0.15) is 0 Å². The van der Waals surface area contributed by atoms with Gasteiger partial charge in [0, 0.05) is 19.1 Å². The summed E-state index contributed by atoms with van der Waals surface area (Å²) in [6.45, 7) is 4.09. The molecule has 25 heavy (non-hydrogen) atoms. The Kier molecular flexibility index (Phi) is 5.81. The second kappa shape index (κ2) is 8.06. The summed E-state index contributed by atoms with van der Waals surface area (Å²) in [6, 6.07) is 6.25. The molecular formula is C19H28N2O4. The molecule has 6 nitrogen and oxygen atoms in total. The summed E-state index contributed by atoms with van der Waals surface area (Å²) in [5.41, 5.74) is 1.07. The van der Waals surface area contributed by atoms with Crippen molar-refractivity contribution in [3.05, 3.63) is 23.8 Å². The van der Waals surface area contributed by atoms with Gasteiger partial charge in [-0.15, -0.1) is 0 Å². The quantitative estimate of drug-likeness (QED) is 0.818. The van der Waals surface area contributed by atoms with E-state index in [0.717, 1.165) is 31.4 Å². The van der Waals surface area contributed by atoms with Gasteiger partial charge in [-0.05, 0) is 37.0 Å². The van der Waals surface area contributed by atoms with Crippen molar-refractivity contribution in [2.24, 2.45) is 0 Å². The molecule has 1 amide bonds. The van der Waals surface area contributed by atoms with Gasteiger partial charge in [0.15, 0.2) is 11.5 Å². The third-order valence-corrected chi connectivity index (χ3v) is 4.91. The van der Waals surface area contributed by atoms with E-state index >= 15 is 0 Å². The van der Waals surface area contributed by atoms with E-state index < -0.39 is 0 Å². The molecule has 0 radical (unpaired) electrons. The zero-order valence-electron chi connectivity index (χ0n) is 15.3. The number of carbonyl (C=O) groups is 1. The van der Waals surface area contributed by atoms with Gasteiger partial charge in [0.2, 0.25) is 0 Å². The molecule has 1 aromatic carbocycles. The molecule has 0 aromatic heterocycles. The third kappa shape index (κ3) is 3.90. The van der Waals surface area contributed by atoms with Crippen LogP contribution in [0.3, 0.4) is 0 Å². The molecule has 1 aliphatic heterocycles. The Morgan fingerprint density at radius 1 is 1.32 bits per heavy atom. The number of hydrogen-bond donors (Lipinski definition) is 1. The van der Waals surface area contributed by atoms with Gasteiger partial charge >= 0.3 is 0 Å². The molecule has 0 bridgehead atoms. The first kappa shape index (κ1) is 18.0. The molecular weight excluding hydrogens is 320 g/mol. The molecule has 3 rings (SSSR count). The molecule has 2 atom stereocenters. The van der Waals surface area contributed by atoms with Crippen molar-refractivity contribution in [3.63, 3.8) is 0 Å². The largest absolute Gasteiger partial charge is 0.493 e. The fraction of sp³-hybridized carbons (Fsp3) is 0.632. The zero-order chi connectivity index (χ0) is 17.8. The summed E-state index contributed by atoms with van der Waals surface area (Å²) in [6.07, 6.45) is 2.59. The Morgan fingerprint density at radius 2 is 2.08 bits per heavy atom. The van der Waals surface area contributed by atoms with Gasteiger partial charge in [-0.25, -0.2) is 0 Å². The summed E-state index contributed by atoms with van der Waals surface area (Å²) < 4.78 is 16.5. The van der Waals surface area contributed by atoms with E-state index in [-0.39, 0.29) is 18.1 Å². The summed E-state index contributed by atoms with van der Waals surface area (Å²) in [4.78, 5) is 15.2. The summed E-state index contributed by atoms with van der Waals surface area (Å²) in [5.74, 6) is 1.48. The molecule has 1 aliphatic carbocycles. The van der Waals surface area contributed by atoms with Crippen molar-refractivity contribution in [2.75, 3.05) is 33.9 Å². The predicted octanol–water partition coefficient (Wildman–Crippen LogP) is 2.13. The van der Waals surface area contributed by atoms with Gasteiger partial charge in [-0.3, -0.25) is 4.79 Å². The smallest absolute Gasteiger partial charge is 0.253 e. The Morgan fingerprint density at radius 3 is 2.64 bits per heavy atom. The molecule has 138 valence electrons. The first-order valence-corrected chi connectivity index (χ1v) is 9.06. The Labute approximate surface area is 149 Å². The van der Waals surface area contributed by atoms with Crippen LogP contribution in [0.25, 0.3) is 0 Å². The van der Waals surface area contributed by atoms with Crippen LogP contribution in [0.1, 0.15) is 37.8 Å². The number of hydrogen-bond acceptors (Lipinski definition) is 5. The normalized spacial score (nSPS) is 21.5. The Bertz CT molecular complexity index is 597. The Balaban J connectivity index is 1.86. The van der Waals surface area contributed by atoms with E-state index in [9.17, 15) is 4.79 Å². The van der Waals surface area contributed by atoms with Gasteiger partial charge in [0.25, 0.3) is 5.91 Å². The summed E-state index contributed by atoms with van der Waals surface area (Å²) in [5, 5.41) is 3.25. The average molecular weight is 348 g/mol. The van der Waals surface area contributed by atoms with E-state index in [1.165, 1.54) is 0 Å². The lowest BCUT2D eigenvalue weighted by Crippen LogP contribution is -2.51. The number of morpholine rings is 1. The highest BCUT2D eigenvalue weighted by Crippen LogP contribution is 2.39. The maximum atomic E-state index is 13.1. The SMILES string of the molecule is CC[C@@H](c1ccc(OC)c(OC)c1)N(C(=O)[C@H]1CNCCO1)C1CC1. The second-order valence-electron chi connectivity index (χ2n) is 6.58. The Hall–Kier alpha value is -1.79. The van der Waals surface area contributed by atoms with Crippen LogP contribution >= 0.6 is 0 Å². The van der Waals surface area contributed by atoms with E-state index in [1.807, 2.05) is 23.1 Å². The maximum Gasteiger partial charge on any atom is 0.253 e. The lowest BCUT2D eigenvalue weighted by atomic mass is 10.0. The highest BCUT2D eigenvalue weighted by molar-refractivity contribution is 5.82. The first-order chi connectivity index (χ1) is 12.2. The van der Waals surface area contributed by atoms with Crippen molar-refractivity contribution in [3.8, 4) is 11.5 Å². The number of methoxy groups -OCH3 is 2. The van der Waals surface area contributed by atoms with Crippen LogP contribution in [-0.2, 0) is 9.53 Å². The fourth-order valence-electron chi connectivity index (χ4n) is 3.48. The van der Waals surface area contributed by atoms with Crippen LogP contribution in [0.2, 0.25) is 0 Å². The van der Waals surface area contributed by atoms with E-state index in [4.69, 9.17) is 14.2 Å². The van der Waals surface area contributed by atoms with Crippen LogP contribution in [0.5, 0.6) is 11.5 Å². The lowest BCUT2D eigenvalue weighted by molar-refractivity contribution is -0.148. The number of rotatable bonds is 7. The minimum atomic E-state index is -0.386. The number of amides is 1. The standard InChI is InChI=1S/C19H28N2O4/c1-4-15(13-5-8-16(23-2)17(11-13)24-3)21(14-6-7-14)19(22)18-12-20-9-10-25-18/h5,8,11,14-15,18,20H,4,6-7,9-10,12H2,1-3H3/t15-,18+/m0/s1. The number of benzene rings is 1. The zero-order valence-corrected chi connectivity index (χ0v) is 15.3.